The van der Waals surface area contributed by atoms with Crippen LogP contribution in [-0.4, -0.2) is 18.1 Å². The van der Waals surface area contributed by atoms with Crippen molar-refractivity contribution in [1.82, 2.24) is 4.98 Å². The molecule has 1 heterocycles. The highest BCUT2D eigenvalue weighted by Crippen LogP contribution is 2.55. The van der Waals surface area contributed by atoms with E-state index in [1.165, 1.54) is 32.1 Å². The minimum atomic E-state index is -0.0649. The summed E-state index contributed by atoms with van der Waals surface area (Å²) < 4.78 is 0. The Balaban J connectivity index is 1.67. The molecular weight excluding hydrogens is 250 g/mol. The Bertz CT molecular complexity index is 551. The average Bonchev–Trinajstić information content (AvgIpc) is 2.40. The maximum Gasteiger partial charge on any atom is 0.250 e. The molecule has 0 atom stereocenters. The zero-order chi connectivity index (χ0) is 13.9. The molecule has 0 spiro atoms. The standard InChI is InChI=1S/C16H23N3O/c1-19(14-7-15(20)18-8-13(14)17)16-11-3-9-2-10(5-11)6-12(16)4-9/h7-12,16H,2-6,17H2,1H3,(H,18,20). The molecule has 0 amide bonds. The third kappa shape index (κ3) is 1.77. The number of H-pyrrole nitrogens is 1. The fourth-order valence-corrected chi connectivity index (χ4v) is 5.47. The molecule has 4 heteroatoms. The Morgan fingerprint density at radius 2 is 1.75 bits per heavy atom. The summed E-state index contributed by atoms with van der Waals surface area (Å²) in [4.78, 5) is 16.6. The van der Waals surface area contributed by atoms with Crippen molar-refractivity contribution in [3.05, 3.63) is 22.6 Å². The van der Waals surface area contributed by atoms with E-state index in [-0.39, 0.29) is 5.56 Å². The highest BCUT2D eigenvalue weighted by atomic mass is 16.1. The summed E-state index contributed by atoms with van der Waals surface area (Å²) in [6.45, 7) is 0. The quantitative estimate of drug-likeness (QED) is 0.868. The van der Waals surface area contributed by atoms with Gasteiger partial charge in [-0.05, 0) is 55.8 Å². The van der Waals surface area contributed by atoms with Gasteiger partial charge in [0.15, 0.2) is 0 Å². The molecule has 4 nitrogen and oxygen atoms in total. The van der Waals surface area contributed by atoms with E-state index in [1.807, 2.05) is 0 Å². The van der Waals surface area contributed by atoms with Gasteiger partial charge >= 0.3 is 0 Å². The molecule has 3 N–H and O–H groups in total. The van der Waals surface area contributed by atoms with Gasteiger partial charge in [-0.25, -0.2) is 0 Å². The number of nitrogens with zero attached hydrogens (tertiary/aromatic N) is 1. The summed E-state index contributed by atoms with van der Waals surface area (Å²) in [6, 6.07) is 2.23. The number of anilines is 2. The Labute approximate surface area is 119 Å². The molecule has 0 radical (unpaired) electrons. The van der Waals surface area contributed by atoms with Crippen LogP contribution in [0.15, 0.2) is 17.1 Å². The monoisotopic (exact) mass is 273 g/mol. The van der Waals surface area contributed by atoms with Crippen molar-refractivity contribution >= 4 is 11.4 Å². The number of aromatic nitrogens is 1. The molecule has 0 saturated heterocycles. The van der Waals surface area contributed by atoms with Gasteiger partial charge in [-0.2, -0.15) is 0 Å². The molecule has 108 valence electrons. The number of hydrogen-bond acceptors (Lipinski definition) is 3. The van der Waals surface area contributed by atoms with Gasteiger partial charge in [0.05, 0.1) is 11.4 Å². The summed E-state index contributed by atoms with van der Waals surface area (Å²) >= 11 is 0. The minimum absolute atomic E-state index is 0.0649. The van der Waals surface area contributed by atoms with E-state index < -0.39 is 0 Å². The lowest BCUT2D eigenvalue weighted by Gasteiger charge is -2.57. The molecule has 4 aliphatic rings. The molecule has 1 aromatic heterocycles. The number of nitrogens with two attached hydrogens (primary N) is 1. The first-order chi connectivity index (χ1) is 9.61. The van der Waals surface area contributed by atoms with Crippen molar-refractivity contribution in [3.63, 3.8) is 0 Å². The summed E-state index contributed by atoms with van der Waals surface area (Å²) in [7, 11) is 2.12. The second kappa shape index (κ2) is 4.27. The van der Waals surface area contributed by atoms with Crippen molar-refractivity contribution in [2.75, 3.05) is 17.7 Å². The number of nitrogen functional groups attached to an aromatic ring is 1. The number of hydrogen-bond donors (Lipinski definition) is 2. The van der Waals surface area contributed by atoms with Gasteiger partial charge in [-0.3, -0.25) is 4.79 Å². The highest BCUT2D eigenvalue weighted by molar-refractivity contribution is 5.66. The fraction of sp³-hybridized carbons (Fsp3) is 0.688. The first-order valence-corrected chi connectivity index (χ1v) is 7.83. The van der Waals surface area contributed by atoms with Gasteiger partial charge in [0.1, 0.15) is 0 Å². The van der Waals surface area contributed by atoms with Crippen LogP contribution in [0.2, 0.25) is 0 Å². The normalized spacial score (nSPS) is 38.1. The van der Waals surface area contributed by atoms with Gasteiger partial charge < -0.3 is 15.6 Å². The van der Waals surface area contributed by atoms with Crippen LogP contribution in [0.5, 0.6) is 0 Å². The molecule has 4 fully saturated rings. The van der Waals surface area contributed by atoms with Gasteiger partial charge in [0, 0.05) is 25.4 Å². The Hall–Kier alpha value is -1.45. The minimum Gasteiger partial charge on any atom is -0.396 e. The highest BCUT2D eigenvalue weighted by Gasteiger charge is 2.49. The van der Waals surface area contributed by atoms with Crippen LogP contribution in [0.1, 0.15) is 32.1 Å². The Morgan fingerprint density at radius 1 is 1.15 bits per heavy atom. The van der Waals surface area contributed by atoms with E-state index in [2.05, 4.69) is 16.9 Å². The number of rotatable bonds is 2. The number of pyridine rings is 1. The topological polar surface area (TPSA) is 62.1 Å². The predicted molar refractivity (Wildman–Crippen MR) is 80.7 cm³/mol. The number of aromatic amines is 1. The van der Waals surface area contributed by atoms with Crippen LogP contribution >= 0.6 is 0 Å². The van der Waals surface area contributed by atoms with Gasteiger partial charge in [0.25, 0.3) is 0 Å². The zero-order valence-electron chi connectivity index (χ0n) is 12.0. The van der Waals surface area contributed by atoms with Crippen LogP contribution in [0.3, 0.4) is 0 Å². The Kier molecular flexibility index (Phi) is 2.63. The summed E-state index contributed by atoms with van der Waals surface area (Å²) in [5.41, 5.74) is 7.60. The van der Waals surface area contributed by atoms with E-state index in [0.29, 0.717) is 11.7 Å². The lowest BCUT2D eigenvalue weighted by Crippen LogP contribution is -2.55. The summed E-state index contributed by atoms with van der Waals surface area (Å²) in [5.74, 6) is 3.54. The lowest BCUT2D eigenvalue weighted by atomic mass is 9.54. The van der Waals surface area contributed by atoms with Crippen molar-refractivity contribution in [2.24, 2.45) is 23.7 Å². The van der Waals surface area contributed by atoms with Crippen molar-refractivity contribution in [3.8, 4) is 0 Å². The van der Waals surface area contributed by atoms with Crippen LogP contribution in [-0.2, 0) is 0 Å². The van der Waals surface area contributed by atoms with Crippen LogP contribution in [0.25, 0.3) is 0 Å². The van der Waals surface area contributed by atoms with Crippen LogP contribution < -0.4 is 16.2 Å². The molecule has 20 heavy (non-hydrogen) atoms. The molecule has 4 bridgehead atoms. The lowest BCUT2D eigenvalue weighted by molar-refractivity contribution is -0.00119. The third-order valence-corrected chi connectivity index (χ3v) is 5.94. The molecule has 0 aromatic carbocycles. The first-order valence-electron chi connectivity index (χ1n) is 7.83. The SMILES string of the molecule is CN(c1cc(=O)[nH]cc1N)C1C2CC3CC(C2)CC1C3. The molecule has 5 rings (SSSR count). The predicted octanol–water partition coefficient (Wildman–Crippen LogP) is 2.22. The van der Waals surface area contributed by atoms with Gasteiger partial charge in [0.2, 0.25) is 5.56 Å². The number of nitrogens with one attached hydrogen (secondary N) is 1. The van der Waals surface area contributed by atoms with Gasteiger partial charge in [-0.15, -0.1) is 0 Å². The summed E-state index contributed by atoms with van der Waals surface area (Å²) in [6.07, 6.45) is 8.62. The largest absolute Gasteiger partial charge is 0.396 e. The van der Waals surface area contributed by atoms with E-state index in [4.69, 9.17) is 5.73 Å². The second-order valence-corrected chi connectivity index (χ2v) is 7.17. The molecule has 0 unspecified atom stereocenters. The molecule has 0 aliphatic heterocycles. The molecule has 4 aliphatic carbocycles. The van der Waals surface area contributed by atoms with Gasteiger partial charge in [-0.1, -0.05) is 0 Å². The van der Waals surface area contributed by atoms with Crippen molar-refractivity contribution < 1.29 is 0 Å². The Morgan fingerprint density at radius 3 is 2.35 bits per heavy atom. The zero-order valence-corrected chi connectivity index (χ0v) is 12.0. The second-order valence-electron chi connectivity index (χ2n) is 7.17. The smallest absolute Gasteiger partial charge is 0.250 e. The summed E-state index contributed by atoms with van der Waals surface area (Å²) in [5, 5.41) is 0. The van der Waals surface area contributed by atoms with Crippen LogP contribution in [0.4, 0.5) is 11.4 Å². The fourth-order valence-electron chi connectivity index (χ4n) is 5.47. The first kappa shape index (κ1) is 12.3. The van der Waals surface area contributed by atoms with Crippen molar-refractivity contribution in [1.29, 1.82) is 0 Å². The van der Waals surface area contributed by atoms with E-state index in [0.717, 1.165) is 29.4 Å². The molecule has 1 aromatic rings. The van der Waals surface area contributed by atoms with E-state index in [9.17, 15) is 4.79 Å². The van der Waals surface area contributed by atoms with E-state index >= 15 is 0 Å². The van der Waals surface area contributed by atoms with Crippen molar-refractivity contribution in [2.45, 2.75) is 38.1 Å². The molecular formula is C16H23N3O. The maximum atomic E-state index is 11.6. The maximum absolute atomic E-state index is 11.6. The third-order valence-electron chi connectivity index (χ3n) is 5.94. The average molecular weight is 273 g/mol. The van der Waals surface area contributed by atoms with Crippen LogP contribution in [0, 0.1) is 23.7 Å². The molecule has 4 saturated carbocycles. The van der Waals surface area contributed by atoms with E-state index in [1.54, 1.807) is 12.3 Å².